The molecule has 0 spiro atoms. The van der Waals surface area contributed by atoms with Crippen LogP contribution in [0.1, 0.15) is 11.1 Å². The third kappa shape index (κ3) is 2.80. The molecule has 2 heterocycles. The summed E-state index contributed by atoms with van der Waals surface area (Å²) < 4.78 is 7.72. The summed E-state index contributed by atoms with van der Waals surface area (Å²) >= 11 is 5.44. The maximum atomic E-state index is 5.44. The number of methoxy groups -OCH3 is 1. The Kier molecular flexibility index (Phi) is 4.09. The minimum absolute atomic E-state index is 0.532. The standard InChI is InChI=1S/C21H19N3OS/c1-13-4-5-14(2)17(10-13)19-12-24-20(23-19)18(11-22-21(24)26)15-6-8-16(25-3)9-7-15/h4-12,23H,1-3H3. The fraction of sp³-hybridized carbons (Fsp3) is 0.143. The molecule has 4 aromatic rings. The van der Waals surface area contributed by atoms with Gasteiger partial charge < -0.3 is 9.72 Å². The van der Waals surface area contributed by atoms with E-state index in [1.54, 1.807) is 7.11 Å². The number of aryl methyl sites for hydroxylation is 2. The monoisotopic (exact) mass is 361 g/mol. The topological polar surface area (TPSA) is 42.3 Å². The molecule has 5 heteroatoms. The quantitative estimate of drug-likeness (QED) is 0.500. The van der Waals surface area contributed by atoms with Crippen LogP contribution >= 0.6 is 12.2 Å². The number of aromatic amines is 1. The zero-order valence-corrected chi connectivity index (χ0v) is 15.7. The van der Waals surface area contributed by atoms with Crippen molar-refractivity contribution in [2.45, 2.75) is 13.8 Å². The SMILES string of the molecule is COc1ccc(-c2cnc(=S)n3cc(-c4cc(C)ccc4C)[nH]c23)cc1. The summed E-state index contributed by atoms with van der Waals surface area (Å²) in [6, 6.07) is 14.4. The second-order valence-corrected chi connectivity index (χ2v) is 6.75. The molecule has 0 saturated heterocycles. The fourth-order valence-corrected chi connectivity index (χ4v) is 3.35. The molecular formula is C21H19N3OS. The molecule has 0 saturated carbocycles. The largest absolute Gasteiger partial charge is 0.497 e. The summed E-state index contributed by atoms with van der Waals surface area (Å²) in [6.45, 7) is 4.21. The Bertz CT molecular complexity index is 1160. The number of fused-ring (bicyclic) bond motifs is 1. The van der Waals surface area contributed by atoms with E-state index in [1.807, 2.05) is 41.1 Å². The first-order valence-electron chi connectivity index (χ1n) is 8.39. The Balaban J connectivity index is 1.93. The van der Waals surface area contributed by atoms with Gasteiger partial charge in [-0.25, -0.2) is 4.98 Å². The molecule has 130 valence electrons. The van der Waals surface area contributed by atoms with Crippen molar-refractivity contribution in [1.29, 1.82) is 0 Å². The first-order chi connectivity index (χ1) is 12.6. The zero-order chi connectivity index (χ0) is 18.3. The lowest BCUT2D eigenvalue weighted by Gasteiger charge is -2.06. The molecule has 0 amide bonds. The average Bonchev–Trinajstić information content (AvgIpc) is 3.10. The Morgan fingerprint density at radius 1 is 1.04 bits per heavy atom. The van der Waals surface area contributed by atoms with Gasteiger partial charge >= 0.3 is 0 Å². The van der Waals surface area contributed by atoms with E-state index in [1.165, 1.54) is 16.7 Å². The van der Waals surface area contributed by atoms with Gasteiger partial charge in [-0.2, -0.15) is 0 Å². The smallest absolute Gasteiger partial charge is 0.205 e. The first-order valence-corrected chi connectivity index (χ1v) is 8.80. The van der Waals surface area contributed by atoms with Crippen LogP contribution in [0.15, 0.2) is 54.9 Å². The lowest BCUT2D eigenvalue weighted by Crippen LogP contribution is -1.92. The number of nitrogens with one attached hydrogen (secondary N) is 1. The molecule has 0 radical (unpaired) electrons. The highest BCUT2D eigenvalue weighted by Gasteiger charge is 2.12. The lowest BCUT2D eigenvalue weighted by molar-refractivity contribution is 0.415. The van der Waals surface area contributed by atoms with Gasteiger partial charge in [-0.3, -0.25) is 4.40 Å². The van der Waals surface area contributed by atoms with Crippen LogP contribution in [-0.4, -0.2) is 21.5 Å². The van der Waals surface area contributed by atoms with Crippen molar-refractivity contribution in [3.05, 3.63) is 70.8 Å². The highest BCUT2D eigenvalue weighted by atomic mass is 32.1. The van der Waals surface area contributed by atoms with Gasteiger partial charge in [0.05, 0.1) is 12.8 Å². The molecule has 1 N–H and O–H groups in total. The van der Waals surface area contributed by atoms with Gasteiger partial charge in [0.25, 0.3) is 0 Å². The molecule has 0 aliphatic rings. The molecule has 0 unspecified atom stereocenters. The van der Waals surface area contributed by atoms with Gasteiger partial charge in [-0.1, -0.05) is 29.8 Å². The van der Waals surface area contributed by atoms with E-state index in [4.69, 9.17) is 17.0 Å². The molecule has 26 heavy (non-hydrogen) atoms. The minimum atomic E-state index is 0.532. The molecular weight excluding hydrogens is 342 g/mol. The van der Waals surface area contributed by atoms with Gasteiger partial charge in [-0.15, -0.1) is 0 Å². The number of rotatable bonds is 3. The highest BCUT2D eigenvalue weighted by molar-refractivity contribution is 7.71. The van der Waals surface area contributed by atoms with Crippen molar-refractivity contribution in [2.24, 2.45) is 0 Å². The van der Waals surface area contributed by atoms with Crippen molar-refractivity contribution < 1.29 is 4.74 Å². The predicted molar refractivity (Wildman–Crippen MR) is 107 cm³/mol. The molecule has 2 aromatic heterocycles. The van der Waals surface area contributed by atoms with Crippen LogP contribution in [0.25, 0.3) is 28.0 Å². The van der Waals surface area contributed by atoms with Crippen LogP contribution < -0.4 is 4.74 Å². The summed E-state index contributed by atoms with van der Waals surface area (Å²) in [5.74, 6) is 0.827. The third-order valence-electron chi connectivity index (χ3n) is 4.60. The normalized spacial score (nSPS) is 11.0. The number of hydrogen-bond acceptors (Lipinski definition) is 3. The van der Waals surface area contributed by atoms with Gasteiger partial charge in [-0.05, 0) is 55.4 Å². The molecule has 4 rings (SSSR count). The molecule has 2 aromatic carbocycles. The predicted octanol–water partition coefficient (Wildman–Crippen LogP) is 5.35. The number of imidazole rings is 1. The van der Waals surface area contributed by atoms with Crippen LogP contribution in [0.5, 0.6) is 5.75 Å². The van der Waals surface area contributed by atoms with Gasteiger partial charge in [0.1, 0.15) is 11.4 Å². The molecule has 0 fully saturated rings. The minimum Gasteiger partial charge on any atom is -0.497 e. The maximum absolute atomic E-state index is 5.44. The van der Waals surface area contributed by atoms with Gasteiger partial charge in [0.2, 0.25) is 4.77 Å². The van der Waals surface area contributed by atoms with Gasteiger partial charge in [0.15, 0.2) is 0 Å². The van der Waals surface area contributed by atoms with E-state index < -0.39 is 0 Å². The molecule has 0 aliphatic heterocycles. The van der Waals surface area contributed by atoms with Crippen LogP contribution in [0.4, 0.5) is 0 Å². The third-order valence-corrected chi connectivity index (χ3v) is 4.90. The zero-order valence-electron chi connectivity index (χ0n) is 14.9. The van der Waals surface area contributed by atoms with E-state index in [0.717, 1.165) is 28.2 Å². The first kappa shape index (κ1) is 16.5. The van der Waals surface area contributed by atoms with Crippen molar-refractivity contribution in [3.63, 3.8) is 0 Å². The van der Waals surface area contributed by atoms with E-state index >= 15 is 0 Å². The van der Waals surface area contributed by atoms with Crippen molar-refractivity contribution in [2.75, 3.05) is 7.11 Å². The Morgan fingerprint density at radius 3 is 2.54 bits per heavy atom. The van der Waals surface area contributed by atoms with E-state index in [-0.39, 0.29) is 0 Å². The van der Waals surface area contributed by atoms with Crippen LogP contribution in [0, 0.1) is 18.6 Å². The average molecular weight is 361 g/mol. The second kappa shape index (κ2) is 6.42. The van der Waals surface area contributed by atoms with Crippen LogP contribution in [0.2, 0.25) is 0 Å². The Labute approximate surface area is 157 Å². The molecule has 4 nitrogen and oxygen atoms in total. The molecule has 0 aliphatic carbocycles. The van der Waals surface area contributed by atoms with Crippen molar-refractivity contribution >= 4 is 17.9 Å². The summed E-state index contributed by atoms with van der Waals surface area (Å²) in [5, 5.41) is 0. The fourth-order valence-electron chi connectivity index (χ4n) is 3.15. The van der Waals surface area contributed by atoms with Gasteiger partial charge in [0, 0.05) is 23.5 Å². The highest BCUT2D eigenvalue weighted by Crippen LogP contribution is 2.29. The summed E-state index contributed by atoms with van der Waals surface area (Å²) in [4.78, 5) is 7.94. The van der Waals surface area contributed by atoms with Crippen molar-refractivity contribution in [1.82, 2.24) is 14.4 Å². The summed E-state index contributed by atoms with van der Waals surface area (Å²) in [6.07, 6.45) is 3.85. The molecule has 0 bridgehead atoms. The van der Waals surface area contributed by atoms with Crippen LogP contribution in [0.3, 0.4) is 0 Å². The maximum Gasteiger partial charge on any atom is 0.205 e. The molecule has 0 atom stereocenters. The summed E-state index contributed by atoms with van der Waals surface area (Å²) in [7, 11) is 1.66. The Hall–Kier alpha value is -2.92. The number of nitrogens with zero attached hydrogens (tertiary/aromatic N) is 2. The van der Waals surface area contributed by atoms with Crippen molar-refractivity contribution in [3.8, 4) is 28.1 Å². The number of ether oxygens (including phenoxy) is 1. The number of H-pyrrole nitrogens is 1. The van der Waals surface area contributed by atoms with E-state index in [2.05, 4.69) is 42.0 Å². The number of hydrogen-bond donors (Lipinski definition) is 1. The Morgan fingerprint density at radius 2 is 1.81 bits per heavy atom. The van der Waals surface area contributed by atoms with E-state index in [0.29, 0.717) is 4.77 Å². The van der Waals surface area contributed by atoms with E-state index in [9.17, 15) is 0 Å². The lowest BCUT2D eigenvalue weighted by atomic mass is 10.0. The number of aromatic nitrogens is 3. The summed E-state index contributed by atoms with van der Waals surface area (Å²) in [5.41, 5.74) is 7.63. The number of benzene rings is 2. The second-order valence-electron chi connectivity index (χ2n) is 6.39. The van der Waals surface area contributed by atoms with Crippen LogP contribution in [-0.2, 0) is 0 Å².